The minimum absolute atomic E-state index is 0.546. The molecule has 2 aliphatic carbocycles. The van der Waals surface area contributed by atoms with E-state index in [1.807, 2.05) is 42.5 Å². The molecular weight excluding hydrogens is 649 g/mol. The molecule has 3 heterocycles. The molecule has 0 aliphatic heterocycles. The Labute approximate surface area is 303 Å². The average Bonchev–Trinajstić information content (AvgIpc) is 3.94. The van der Waals surface area contributed by atoms with Crippen molar-refractivity contribution in [1.29, 1.82) is 5.26 Å². The number of hydrogen-bond acceptors (Lipinski definition) is 4. The first-order valence-corrected chi connectivity index (χ1v) is 17.8. The van der Waals surface area contributed by atoms with Gasteiger partial charge in [-0.2, -0.15) is 10.2 Å². The van der Waals surface area contributed by atoms with Crippen LogP contribution in [0.1, 0.15) is 27.8 Å². The Balaban J connectivity index is 1.11. The summed E-state index contributed by atoms with van der Waals surface area (Å²) < 4.78 is 8.36. The predicted molar refractivity (Wildman–Crippen MR) is 210 cm³/mol. The van der Waals surface area contributed by atoms with E-state index >= 15 is 0 Å². The highest BCUT2D eigenvalue weighted by Gasteiger charge is 2.51. The van der Waals surface area contributed by atoms with Crippen LogP contribution in [0.4, 0.5) is 0 Å². The van der Waals surface area contributed by atoms with Crippen molar-refractivity contribution in [2.75, 3.05) is 0 Å². The van der Waals surface area contributed by atoms with E-state index in [1.165, 1.54) is 38.9 Å². The molecule has 0 N–H and O–H groups in total. The van der Waals surface area contributed by atoms with E-state index in [-0.39, 0.29) is 0 Å². The molecule has 244 valence electrons. The fourth-order valence-corrected chi connectivity index (χ4v) is 9.30. The zero-order valence-electron chi connectivity index (χ0n) is 28.2. The van der Waals surface area contributed by atoms with Gasteiger partial charge in [0.05, 0.1) is 33.8 Å². The normalized spacial score (nSPS) is 13.4. The van der Waals surface area contributed by atoms with Crippen LogP contribution in [0.3, 0.4) is 0 Å². The van der Waals surface area contributed by atoms with Crippen molar-refractivity contribution in [2.24, 2.45) is 0 Å². The van der Waals surface area contributed by atoms with Crippen LogP contribution < -0.4 is 0 Å². The maximum absolute atomic E-state index is 10.1. The largest absolute Gasteiger partial charge is 0.423 e. The molecule has 3 aromatic heterocycles. The van der Waals surface area contributed by atoms with Gasteiger partial charge in [0.15, 0.2) is 5.58 Å². The van der Waals surface area contributed by atoms with E-state index < -0.39 is 5.41 Å². The van der Waals surface area contributed by atoms with Gasteiger partial charge >= 0.3 is 5.84 Å². The SMILES string of the molecule is N#Cc1ccc2c(c1)C1(c3ccccc3-c3ccccc31)c1cc(-c3cccc(-c4nc5ccccc5c5nc6oc7ccccc7n6c45)c3)ccc1-2. The Morgan fingerprint density at radius 2 is 1.21 bits per heavy atom. The molecule has 10 aromatic rings. The summed E-state index contributed by atoms with van der Waals surface area (Å²) in [6.07, 6.45) is 0. The van der Waals surface area contributed by atoms with Crippen molar-refractivity contribution < 1.29 is 4.42 Å². The summed E-state index contributed by atoms with van der Waals surface area (Å²) in [6.45, 7) is 0. The Morgan fingerprint density at radius 1 is 0.547 bits per heavy atom. The number of aromatic nitrogens is 3. The number of pyridine rings is 1. The molecule has 2 aliphatic rings. The Morgan fingerprint density at radius 3 is 2.04 bits per heavy atom. The molecule has 0 bridgehead atoms. The average molecular weight is 675 g/mol. The molecule has 12 rings (SSSR count). The van der Waals surface area contributed by atoms with Gasteiger partial charge in [0, 0.05) is 10.9 Å². The van der Waals surface area contributed by atoms with Crippen molar-refractivity contribution >= 4 is 38.9 Å². The molecule has 5 nitrogen and oxygen atoms in total. The van der Waals surface area contributed by atoms with Crippen molar-refractivity contribution in [2.45, 2.75) is 5.41 Å². The molecule has 0 saturated heterocycles. The summed E-state index contributed by atoms with van der Waals surface area (Å²) in [5.41, 5.74) is 18.4. The minimum atomic E-state index is -0.546. The lowest BCUT2D eigenvalue weighted by Crippen LogP contribution is -2.26. The zero-order valence-corrected chi connectivity index (χ0v) is 28.2. The monoisotopic (exact) mass is 674 g/mol. The molecule has 0 saturated carbocycles. The van der Waals surface area contributed by atoms with Gasteiger partial charge < -0.3 is 4.42 Å². The first kappa shape index (κ1) is 28.4. The Kier molecular flexibility index (Phi) is 5.44. The second kappa shape index (κ2) is 10.2. The van der Waals surface area contributed by atoms with Crippen LogP contribution >= 0.6 is 0 Å². The van der Waals surface area contributed by atoms with E-state index in [1.54, 1.807) is 0 Å². The third kappa shape index (κ3) is 3.59. The summed E-state index contributed by atoms with van der Waals surface area (Å²) >= 11 is 0. The van der Waals surface area contributed by atoms with Gasteiger partial charge in [-0.25, -0.2) is 4.98 Å². The highest BCUT2D eigenvalue weighted by molar-refractivity contribution is 6.10. The van der Waals surface area contributed by atoms with Crippen LogP contribution in [0, 0.1) is 11.3 Å². The predicted octanol–water partition coefficient (Wildman–Crippen LogP) is 11.3. The molecule has 0 fully saturated rings. The highest BCUT2D eigenvalue weighted by Crippen LogP contribution is 2.63. The van der Waals surface area contributed by atoms with E-state index in [9.17, 15) is 5.26 Å². The maximum Gasteiger partial charge on any atom is 0.307 e. The lowest BCUT2D eigenvalue weighted by atomic mass is 9.70. The number of fused-ring (bicyclic) bond motifs is 17. The van der Waals surface area contributed by atoms with E-state index in [2.05, 4.69) is 126 Å². The number of hydrogen-bond donors (Lipinski definition) is 0. The van der Waals surface area contributed by atoms with Gasteiger partial charge in [0.25, 0.3) is 0 Å². The molecular formula is C48H26N4O. The maximum atomic E-state index is 10.1. The summed E-state index contributed by atoms with van der Waals surface area (Å²) in [6, 6.07) is 57.9. The first-order chi connectivity index (χ1) is 26.2. The van der Waals surface area contributed by atoms with Crippen molar-refractivity contribution in [3.8, 4) is 50.7 Å². The molecule has 53 heavy (non-hydrogen) atoms. The molecule has 1 spiro atoms. The first-order valence-electron chi connectivity index (χ1n) is 17.8. The number of para-hydroxylation sites is 3. The molecule has 0 atom stereocenters. The minimum Gasteiger partial charge on any atom is -0.423 e. The summed E-state index contributed by atoms with van der Waals surface area (Å²) in [7, 11) is 0. The number of imidazole rings is 1. The van der Waals surface area contributed by atoms with Crippen LogP contribution in [0.2, 0.25) is 0 Å². The van der Waals surface area contributed by atoms with Crippen LogP contribution in [0.5, 0.6) is 0 Å². The van der Waals surface area contributed by atoms with Crippen LogP contribution in [-0.2, 0) is 5.41 Å². The van der Waals surface area contributed by atoms with Crippen LogP contribution in [0.25, 0.3) is 83.5 Å². The van der Waals surface area contributed by atoms with E-state index in [4.69, 9.17) is 14.4 Å². The van der Waals surface area contributed by atoms with Crippen molar-refractivity contribution in [3.63, 3.8) is 0 Å². The van der Waals surface area contributed by atoms with Gasteiger partial charge in [0.2, 0.25) is 0 Å². The number of nitriles is 1. The number of benzene rings is 7. The van der Waals surface area contributed by atoms with Gasteiger partial charge in [-0.3, -0.25) is 4.40 Å². The lowest BCUT2D eigenvalue weighted by molar-refractivity contribution is 0.643. The third-order valence-electron chi connectivity index (χ3n) is 11.5. The summed E-state index contributed by atoms with van der Waals surface area (Å²) in [4.78, 5) is 10.3. The summed E-state index contributed by atoms with van der Waals surface area (Å²) in [5, 5.41) is 11.1. The smallest absolute Gasteiger partial charge is 0.307 e. The number of rotatable bonds is 2. The molecule has 0 amide bonds. The summed E-state index contributed by atoms with van der Waals surface area (Å²) in [5.74, 6) is 0.553. The number of oxazole rings is 1. The fourth-order valence-electron chi connectivity index (χ4n) is 9.30. The fraction of sp³-hybridized carbons (Fsp3) is 0.0208. The van der Waals surface area contributed by atoms with Crippen molar-refractivity contribution in [1.82, 2.24) is 14.4 Å². The van der Waals surface area contributed by atoms with Gasteiger partial charge in [-0.1, -0.05) is 115 Å². The van der Waals surface area contributed by atoms with Gasteiger partial charge in [-0.05, 0) is 98.1 Å². The zero-order chi connectivity index (χ0) is 34.8. The molecule has 5 heteroatoms. The quantitative estimate of drug-likeness (QED) is 0.183. The van der Waals surface area contributed by atoms with Gasteiger partial charge in [0.1, 0.15) is 11.0 Å². The molecule has 7 aromatic carbocycles. The third-order valence-corrected chi connectivity index (χ3v) is 11.5. The second-order valence-corrected chi connectivity index (χ2v) is 14.0. The highest BCUT2D eigenvalue weighted by atomic mass is 16.4. The standard InChI is InChI=1S/C48H26N4O/c49-27-28-20-22-34-35-23-21-30(26-40(35)48(39(34)24-28)37-15-4-1-12-32(37)33-13-2-5-16-38(33)48)29-10-9-11-31(25-29)44-46-45(36-14-3-6-17-41(36)50-44)51-47-52(46)42-18-7-8-19-43(42)53-47/h1-26H. The van der Waals surface area contributed by atoms with E-state index in [0.29, 0.717) is 11.4 Å². The van der Waals surface area contributed by atoms with Crippen LogP contribution in [-0.4, -0.2) is 14.4 Å². The van der Waals surface area contributed by atoms with Crippen molar-refractivity contribution in [3.05, 3.63) is 186 Å². The number of nitrogens with zero attached hydrogens (tertiary/aromatic N) is 4. The van der Waals surface area contributed by atoms with E-state index in [0.717, 1.165) is 61.0 Å². The lowest BCUT2D eigenvalue weighted by Gasteiger charge is -2.30. The topological polar surface area (TPSA) is 67.1 Å². The van der Waals surface area contributed by atoms with Crippen LogP contribution in [0.15, 0.2) is 162 Å². The Hall–Kier alpha value is -7.29. The van der Waals surface area contributed by atoms with Gasteiger partial charge in [-0.15, -0.1) is 0 Å². The Bertz CT molecular complexity index is 3220. The molecule has 0 unspecified atom stereocenters. The second-order valence-electron chi connectivity index (χ2n) is 14.0. The molecule has 0 radical (unpaired) electrons.